The van der Waals surface area contributed by atoms with E-state index in [1.54, 1.807) is 0 Å². The summed E-state index contributed by atoms with van der Waals surface area (Å²) in [7, 11) is 0. The van der Waals surface area contributed by atoms with E-state index in [0.29, 0.717) is 11.7 Å². The summed E-state index contributed by atoms with van der Waals surface area (Å²) >= 11 is 0. The van der Waals surface area contributed by atoms with E-state index in [-0.39, 0.29) is 5.91 Å². The first-order chi connectivity index (χ1) is 13.1. The van der Waals surface area contributed by atoms with Crippen molar-refractivity contribution in [2.45, 2.75) is 19.9 Å². The van der Waals surface area contributed by atoms with E-state index in [0.717, 1.165) is 48.6 Å². The number of carbonyl (C=O) groups excluding carboxylic acids is 1. The molecule has 3 heterocycles. The van der Waals surface area contributed by atoms with Crippen LogP contribution in [0.2, 0.25) is 0 Å². The summed E-state index contributed by atoms with van der Waals surface area (Å²) in [6.45, 7) is 8.53. The molecule has 1 aliphatic heterocycles. The molecule has 3 aromatic rings. The number of amides is 1. The number of nitrogens with one attached hydrogen (secondary N) is 2. The summed E-state index contributed by atoms with van der Waals surface area (Å²) in [5.74, 6) is 0.824. The fourth-order valence-corrected chi connectivity index (χ4v) is 3.50. The number of fused-ring (bicyclic) bond motifs is 1. The molecule has 6 nitrogen and oxygen atoms in total. The standard InChI is InChI=1S/C21H25N5O/c1-15(2)25-8-10-26(11-9-25)20-13-16-12-18(24-19(16)14-22-20)21(27)23-17-6-4-3-5-7-17/h3-7,12-15,24H,8-11H2,1-2H3,(H,23,27). The van der Waals surface area contributed by atoms with Gasteiger partial charge in [-0.15, -0.1) is 0 Å². The molecule has 4 rings (SSSR count). The molecule has 0 saturated carbocycles. The van der Waals surface area contributed by atoms with Gasteiger partial charge in [0.1, 0.15) is 11.5 Å². The van der Waals surface area contributed by atoms with Crippen molar-refractivity contribution in [1.82, 2.24) is 14.9 Å². The molecule has 6 heteroatoms. The zero-order valence-electron chi connectivity index (χ0n) is 15.8. The van der Waals surface area contributed by atoms with Crippen LogP contribution in [0.15, 0.2) is 48.7 Å². The number of piperazine rings is 1. The lowest BCUT2D eigenvalue weighted by molar-refractivity contribution is 0.102. The van der Waals surface area contributed by atoms with Crippen LogP contribution in [0.3, 0.4) is 0 Å². The maximum atomic E-state index is 12.5. The predicted molar refractivity (Wildman–Crippen MR) is 109 cm³/mol. The van der Waals surface area contributed by atoms with Crippen molar-refractivity contribution < 1.29 is 4.79 Å². The highest BCUT2D eigenvalue weighted by Gasteiger charge is 2.20. The fourth-order valence-electron chi connectivity index (χ4n) is 3.50. The van der Waals surface area contributed by atoms with Gasteiger partial charge >= 0.3 is 0 Å². The second-order valence-corrected chi connectivity index (χ2v) is 7.25. The van der Waals surface area contributed by atoms with E-state index in [2.05, 4.69) is 45.0 Å². The topological polar surface area (TPSA) is 64.3 Å². The summed E-state index contributed by atoms with van der Waals surface area (Å²) in [4.78, 5) is 25.1. The molecule has 1 amide bonds. The van der Waals surface area contributed by atoms with E-state index >= 15 is 0 Å². The summed E-state index contributed by atoms with van der Waals surface area (Å²) in [5.41, 5.74) is 2.19. The summed E-state index contributed by atoms with van der Waals surface area (Å²) in [6.07, 6.45) is 1.82. The van der Waals surface area contributed by atoms with Gasteiger partial charge in [-0.25, -0.2) is 4.98 Å². The number of aromatic nitrogens is 2. The van der Waals surface area contributed by atoms with Gasteiger partial charge in [-0.05, 0) is 38.1 Å². The SMILES string of the molecule is CC(C)N1CCN(c2cc3cc(C(=O)Nc4ccccc4)[nH]c3cn2)CC1. The molecule has 0 atom stereocenters. The highest BCUT2D eigenvalue weighted by molar-refractivity contribution is 6.06. The second-order valence-electron chi connectivity index (χ2n) is 7.25. The molecule has 140 valence electrons. The van der Waals surface area contributed by atoms with Crippen LogP contribution < -0.4 is 10.2 Å². The Hall–Kier alpha value is -2.86. The maximum absolute atomic E-state index is 12.5. The zero-order chi connectivity index (χ0) is 18.8. The smallest absolute Gasteiger partial charge is 0.272 e. The molecule has 0 unspecified atom stereocenters. The Morgan fingerprint density at radius 1 is 1.11 bits per heavy atom. The van der Waals surface area contributed by atoms with Gasteiger partial charge in [-0.2, -0.15) is 0 Å². The number of H-pyrrole nitrogens is 1. The molecule has 2 aromatic heterocycles. The number of carbonyl (C=O) groups is 1. The van der Waals surface area contributed by atoms with Crippen LogP contribution in [0.4, 0.5) is 11.5 Å². The van der Waals surface area contributed by atoms with Crippen LogP contribution in [-0.4, -0.2) is 53.0 Å². The van der Waals surface area contributed by atoms with E-state index in [4.69, 9.17) is 0 Å². The molecule has 0 spiro atoms. The van der Waals surface area contributed by atoms with Crippen molar-refractivity contribution in [3.8, 4) is 0 Å². The Morgan fingerprint density at radius 3 is 2.56 bits per heavy atom. The third kappa shape index (κ3) is 3.80. The average molecular weight is 363 g/mol. The minimum atomic E-state index is -0.149. The van der Waals surface area contributed by atoms with Gasteiger partial charge in [-0.3, -0.25) is 9.69 Å². The molecule has 1 aromatic carbocycles. The molecule has 1 saturated heterocycles. The van der Waals surface area contributed by atoms with Crippen molar-refractivity contribution in [3.05, 3.63) is 54.4 Å². The van der Waals surface area contributed by atoms with Crippen LogP contribution in [-0.2, 0) is 0 Å². The van der Waals surface area contributed by atoms with Crippen molar-refractivity contribution in [2.24, 2.45) is 0 Å². The number of nitrogens with zero attached hydrogens (tertiary/aromatic N) is 3. The number of rotatable bonds is 4. The lowest BCUT2D eigenvalue weighted by Gasteiger charge is -2.37. The second kappa shape index (κ2) is 7.40. The number of hydrogen-bond acceptors (Lipinski definition) is 4. The quantitative estimate of drug-likeness (QED) is 0.746. The predicted octanol–water partition coefficient (Wildman–Crippen LogP) is 3.35. The van der Waals surface area contributed by atoms with Gasteiger partial charge in [0.05, 0.1) is 11.7 Å². The molecule has 27 heavy (non-hydrogen) atoms. The molecule has 0 bridgehead atoms. The third-order valence-electron chi connectivity index (χ3n) is 5.14. The molecule has 0 radical (unpaired) electrons. The van der Waals surface area contributed by atoms with Gasteiger partial charge in [0.15, 0.2) is 0 Å². The highest BCUT2D eigenvalue weighted by Crippen LogP contribution is 2.22. The largest absolute Gasteiger partial charge is 0.354 e. The van der Waals surface area contributed by atoms with Crippen molar-refractivity contribution >= 4 is 28.3 Å². The van der Waals surface area contributed by atoms with Gasteiger partial charge in [-0.1, -0.05) is 18.2 Å². The van der Waals surface area contributed by atoms with E-state index < -0.39 is 0 Å². The number of para-hydroxylation sites is 1. The minimum Gasteiger partial charge on any atom is -0.354 e. The first-order valence-electron chi connectivity index (χ1n) is 9.44. The number of pyridine rings is 1. The zero-order valence-corrected chi connectivity index (χ0v) is 15.8. The van der Waals surface area contributed by atoms with E-state index in [9.17, 15) is 4.79 Å². The van der Waals surface area contributed by atoms with Gasteiger partial charge in [0.2, 0.25) is 0 Å². The molecule has 2 N–H and O–H groups in total. The first kappa shape index (κ1) is 17.5. The molecule has 1 fully saturated rings. The molecule has 0 aliphatic carbocycles. The fraction of sp³-hybridized carbons (Fsp3) is 0.333. The maximum Gasteiger partial charge on any atom is 0.272 e. The molecular formula is C21H25N5O. The van der Waals surface area contributed by atoms with Crippen molar-refractivity contribution in [3.63, 3.8) is 0 Å². The Balaban J connectivity index is 1.50. The third-order valence-corrected chi connectivity index (χ3v) is 5.14. The number of benzene rings is 1. The lowest BCUT2D eigenvalue weighted by Crippen LogP contribution is -2.49. The minimum absolute atomic E-state index is 0.149. The number of hydrogen-bond donors (Lipinski definition) is 2. The Labute approximate surface area is 159 Å². The lowest BCUT2D eigenvalue weighted by atomic mass is 10.2. The summed E-state index contributed by atoms with van der Waals surface area (Å²) < 4.78 is 0. The van der Waals surface area contributed by atoms with Crippen LogP contribution in [0.5, 0.6) is 0 Å². The Kier molecular flexibility index (Phi) is 4.81. The summed E-state index contributed by atoms with van der Waals surface area (Å²) in [6, 6.07) is 14.0. The van der Waals surface area contributed by atoms with Gasteiger partial charge in [0, 0.05) is 43.3 Å². The van der Waals surface area contributed by atoms with Crippen LogP contribution in [0.25, 0.3) is 10.9 Å². The van der Waals surface area contributed by atoms with Gasteiger partial charge < -0.3 is 15.2 Å². The monoisotopic (exact) mass is 363 g/mol. The molecule has 1 aliphatic rings. The normalized spacial score (nSPS) is 15.4. The van der Waals surface area contributed by atoms with Gasteiger partial charge in [0.25, 0.3) is 5.91 Å². The van der Waals surface area contributed by atoms with Crippen LogP contribution in [0.1, 0.15) is 24.3 Å². The number of aromatic amines is 1. The Morgan fingerprint density at radius 2 is 1.85 bits per heavy atom. The van der Waals surface area contributed by atoms with Crippen LogP contribution >= 0.6 is 0 Å². The number of anilines is 2. The van der Waals surface area contributed by atoms with Crippen LogP contribution in [0, 0.1) is 0 Å². The van der Waals surface area contributed by atoms with E-state index in [1.165, 1.54) is 0 Å². The van der Waals surface area contributed by atoms with E-state index in [1.807, 2.05) is 42.6 Å². The summed E-state index contributed by atoms with van der Waals surface area (Å²) in [5, 5.41) is 3.91. The van der Waals surface area contributed by atoms with Crippen molar-refractivity contribution in [2.75, 3.05) is 36.4 Å². The molecular weight excluding hydrogens is 338 g/mol. The average Bonchev–Trinajstić information content (AvgIpc) is 3.12. The first-order valence-corrected chi connectivity index (χ1v) is 9.44. The highest BCUT2D eigenvalue weighted by atomic mass is 16.1. The Bertz CT molecular complexity index is 926. The van der Waals surface area contributed by atoms with Crippen molar-refractivity contribution in [1.29, 1.82) is 0 Å².